The molecule has 0 spiro atoms. The van der Waals surface area contributed by atoms with E-state index < -0.39 is 0 Å². The summed E-state index contributed by atoms with van der Waals surface area (Å²) in [5.74, 6) is 0.104. The standard InChI is InChI=1S/C18H18BrNO/c1-11-4-5-12(2)13(8-11)9-16-15-10-14(19)6-7-17(15)20(3)18(16)21/h4-8,10,16H,9H2,1-3H3/t16-/m1/s1. The van der Waals surface area contributed by atoms with Crippen LogP contribution in [0.5, 0.6) is 0 Å². The van der Waals surface area contributed by atoms with Gasteiger partial charge in [-0.25, -0.2) is 0 Å². The minimum absolute atomic E-state index is 0.0806. The first-order valence-electron chi connectivity index (χ1n) is 7.10. The Bertz CT molecular complexity index is 723. The lowest BCUT2D eigenvalue weighted by atomic mass is 9.90. The van der Waals surface area contributed by atoms with Crippen molar-refractivity contribution < 1.29 is 4.79 Å². The maximum absolute atomic E-state index is 12.6. The number of carbonyl (C=O) groups is 1. The summed E-state index contributed by atoms with van der Waals surface area (Å²) >= 11 is 3.51. The molecule has 0 aromatic heterocycles. The summed E-state index contributed by atoms with van der Waals surface area (Å²) in [5, 5.41) is 0. The quantitative estimate of drug-likeness (QED) is 0.792. The van der Waals surface area contributed by atoms with Crippen molar-refractivity contribution in [3.8, 4) is 0 Å². The fraction of sp³-hybridized carbons (Fsp3) is 0.278. The van der Waals surface area contributed by atoms with E-state index in [1.165, 1.54) is 16.7 Å². The van der Waals surface area contributed by atoms with Gasteiger partial charge in [0.25, 0.3) is 0 Å². The lowest BCUT2D eigenvalue weighted by Crippen LogP contribution is -2.25. The molecule has 0 aliphatic carbocycles. The van der Waals surface area contributed by atoms with Crippen LogP contribution in [0.1, 0.15) is 28.2 Å². The molecule has 0 saturated heterocycles. The highest BCUT2D eigenvalue weighted by Crippen LogP contribution is 2.40. The first-order valence-corrected chi connectivity index (χ1v) is 7.90. The number of aryl methyl sites for hydroxylation is 2. The van der Waals surface area contributed by atoms with Crippen molar-refractivity contribution in [1.29, 1.82) is 0 Å². The minimum Gasteiger partial charge on any atom is -0.315 e. The lowest BCUT2D eigenvalue weighted by Gasteiger charge is -2.13. The van der Waals surface area contributed by atoms with Crippen LogP contribution in [0.3, 0.4) is 0 Å². The SMILES string of the molecule is Cc1ccc(C)c(C[C@H]2C(=O)N(C)c3ccc(Br)cc32)c1. The van der Waals surface area contributed by atoms with Crippen LogP contribution in [0, 0.1) is 13.8 Å². The monoisotopic (exact) mass is 343 g/mol. The Morgan fingerprint density at radius 1 is 1.14 bits per heavy atom. The molecule has 21 heavy (non-hydrogen) atoms. The molecule has 0 radical (unpaired) electrons. The van der Waals surface area contributed by atoms with Crippen molar-refractivity contribution in [2.75, 3.05) is 11.9 Å². The van der Waals surface area contributed by atoms with Gasteiger partial charge in [-0.15, -0.1) is 0 Å². The van der Waals surface area contributed by atoms with Crippen LogP contribution < -0.4 is 4.90 Å². The molecular weight excluding hydrogens is 326 g/mol. The van der Waals surface area contributed by atoms with Crippen molar-refractivity contribution in [2.45, 2.75) is 26.2 Å². The summed E-state index contributed by atoms with van der Waals surface area (Å²) in [6.07, 6.45) is 0.764. The van der Waals surface area contributed by atoms with Crippen LogP contribution in [0.2, 0.25) is 0 Å². The van der Waals surface area contributed by atoms with E-state index in [1.807, 2.05) is 19.2 Å². The fourth-order valence-electron chi connectivity index (χ4n) is 3.03. The van der Waals surface area contributed by atoms with Crippen molar-refractivity contribution in [2.24, 2.45) is 0 Å². The number of likely N-dealkylation sites (N-methyl/N-ethyl adjacent to an activating group) is 1. The summed E-state index contributed by atoms with van der Waals surface area (Å²) in [4.78, 5) is 14.4. The number of halogens is 1. The van der Waals surface area contributed by atoms with E-state index in [0.29, 0.717) is 0 Å². The lowest BCUT2D eigenvalue weighted by molar-refractivity contribution is -0.119. The molecule has 0 bridgehead atoms. The Morgan fingerprint density at radius 2 is 1.90 bits per heavy atom. The number of rotatable bonds is 2. The van der Waals surface area contributed by atoms with E-state index in [2.05, 4.69) is 54.0 Å². The molecule has 2 aromatic carbocycles. The van der Waals surface area contributed by atoms with Crippen LogP contribution in [0.15, 0.2) is 40.9 Å². The zero-order valence-electron chi connectivity index (χ0n) is 12.5. The van der Waals surface area contributed by atoms with E-state index in [-0.39, 0.29) is 11.8 Å². The van der Waals surface area contributed by atoms with Gasteiger partial charge in [0.15, 0.2) is 0 Å². The summed E-state index contributed by atoms with van der Waals surface area (Å²) < 4.78 is 1.02. The largest absolute Gasteiger partial charge is 0.315 e. The topological polar surface area (TPSA) is 20.3 Å². The molecule has 1 amide bonds. The molecule has 2 nitrogen and oxygen atoms in total. The molecule has 0 N–H and O–H groups in total. The molecule has 3 heteroatoms. The number of anilines is 1. The van der Waals surface area contributed by atoms with Gasteiger partial charge in [0, 0.05) is 17.2 Å². The van der Waals surface area contributed by atoms with Gasteiger partial charge in [0.05, 0.1) is 5.92 Å². The molecule has 0 unspecified atom stereocenters. The molecular formula is C18H18BrNO. The molecule has 0 fully saturated rings. The van der Waals surface area contributed by atoms with Gasteiger partial charge < -0.3 is 4.90 Å². The highest BCUT2D eigenvalue weighted by Gasteiger charge is 2.35. The molecule has 3 rings (SSSR count). The van der Waals surface area contributed by atoms with E-state index in [0.717, 1.165) is 22.1 Å². The van der Waals surface area contributed by atoms with Gasteiger partial charge in [-0.3, -0.25) is 4.79 Å². The van der Waals surface area contributed by atoms with E-state index in [4.69, 9.17) is 0 Å². The van der Waals surface area contributed by atoms with Gasteiger partial charge in [0.2, 0.25) is 5.91 Å². The predicted octanol–water partition coefficient (Wildman–Crippen LogP) is 4.37. The Kier molecular flexibility index (Phi) is 3.62. The number of nitrogens with zero attached hydrogens (tertiary/aromatic N) is 1. The Hall–Kier alpha value is -1.61. The van der Waals surface area contributed by atoms with Gasteiger partial charge >= 0.3 is 0 Å². The summed E-state index contributed by atoms with van der Waals surface area (Å²) in [6.45, 7) is 4.20. The average Bonchev–Trinajstić information content (AvgIpc) is 2.67. The maximum Gasteiger partial charge on any atom is 0.234 e. The van der Waals surface area contributed by atoms with Crippen LogP contribution in [0.4, 0.5) is 5.69 Å². The molecule has 0 saturated carbocycles. The third kappa shape index (κ3) is 2.51. The Labute approximate surface area is 133 Å². The molecule has 1 heterocycles. The molecule has 2 aromatic rings. The summed E-state index contributed by atoms with van der Waals surface area (Å²) in [5.41, 5.74) is 5.90. The maximum atomic E-state index is 12.6. The Balaban J connectivity index is 2.02. The minimum atomic E-state index is -0.0806. The first-order chi connectivity index (χ1) is 9.97. The normalized spacial score (nSPS) is 17.2. The van der Waals surface area contributed by atoms with Gasteiger partial charge in [-0.2, -0.15) is 0 Å². The number of hydrogen-bond donors (Lipinski definition) is 0. The zero-order valence-corrected chi connectivity index (χ0v) is 14.1. The number of fused-ring (bicyclic) bond motifs is 1. The smallest absolute Gasteiger partial charge is 0.234 e. The highest BCUT2D eigenvalue weighted by atomic mass is 79.9. The van der Waals surface area contributed by atoms with Crippen LogP contribution >= 0.6 is 15.9 Å². The second kappa shape index (κ2) is 5.30. The van der Waals surface area contributed by atoms with Crippen LogP contribution in [-0.4, -0.2) is 13.0 Å². The highest BCUT2D eigenvalue weighted by molar-refractivity contribution is 9.10. The van der Waals surface area contributed by atoms with Crippen molar-refractivity contribution in [3.63, 3.8) is 0 Å². The second-order valence-corrected chi connectivity index (χ2v) is 6.70. The second-order valence-electron chi connectivity index (χ2n) is 5.79. The number of hydrogen-bond acceptors (Lipinski definition) is 1. The van der Waals surface area contributed by atoms with Crippen molar-refractivity contribution in [3.05, 3.63) is 63.1 Å². The molecule has 1 atom stereocenters. The Morgan fingerprint density at radius 3 is 2.67 bits per heavy atom. The van der Waals surface area contributed by atoms with Gasteiger partial charge in [-0.05, 0) is 55.2 Å². The number of carbonyl (C=O) groups excluding carboxylic acids is 1. The average molecular weight is 344 g/mol. The van der Waals surface area contributed by atoms with Crippen molar-refractivity contribution >= 4 is 27.5 Å². The zero-order chi connectivity index (χ0) is 15.1. The van der Waals surface area contributed by atoms with E-state index in [1.54, 1.807) is 4.90 Å². The molecule has 108 valence electrons. The van der Waals surface area contributed by atoms with Crippen LogP contribution in [-0.2, 0) is 11.2 Å². The summed E-state index contributed by atoms with van der Waals surface area (Å²) in [7, 11) is 1.86. The summed E-state index contributed by atoms with van der Waals surface area (Å²) in [6, 6.07) is 12.5. The van der Waals surface area contributed by atoms with Gasteiger partial charge in [-0.1, -0.05) is 39.7 Å². The molecule has 1 aliphatic rings. The van der Waals surface area contributed by atoms with Crippen LogP contribution in [0.25, 0.3) is 0 Å². The fourth-order valence-corrected chi connectivity index (χ4v) is 3.41. The molecule has 1 aliphatic heterocycles. The first kappa shape index (κ1) is 14.3. The van der Waals surface area contributed by atoms with E-state index >= 15 is 0 Å². The van der Waals surface area contributed by atoms with E-state index in [9.17, 15) is 4.79 Å². The predicted molar refractivity (Wildman–Crippen MR) is 89.9 cm³/mol. The van der Waals surface area contributed by atoms with Gasteiger partial charge in [0.1, 0.15) is 0 Å². The number of amides is 1. The van der Waals surface area contributed by atoms with Crippen molar-refractivity contribution in [1.82, 2.24) is 0 Å². The third-order valence-corrected chi connectivity index (χ3v) is 4.78. The third-order valence-electron chi connectivity index (χ3n) is 4.28. The number of benzene rings is 2.